The summed E-state index contributed by atoms with van der Waals surface area (Å²) in [5.74, 6) is 1.15. The number of benzene rings is 1. The van der Waals surface area contributed by atoms with Crippen molar-refractivity contribution in [2.45, 2.75) is 25.9 Å². The van der Waals surface area contributed by atoms with Crippen molar-refractivity contribution in [2.75, 3.05) is 32.8 Å². The Bertz CT molecular complexity index is 494. The Hall–Kier alpha value is -1.39. The van der Waals surface area contributed by atoms with Crippen LogP contribution in [-0.4, -0.2) is 49.6 Å². The number of fused-ring (bicyclic) bond motifs is 1. The van der Waals surface area contributed by atoms with Crippen molar-refractivity contribution in [1.82, 2.24) is 4.90 Å². The summed E-state index contributed by atoms with van der Waals surface area (Å²) in [6.45, 7) is 6.31. The highest BCUT2D eigenvalue weighted by atomic mass is 16.5. The number of hydrogen-bond donors (Lipinski definition) is 0. The Balaban J connectivity index is 1.58. The fourth-order valence-electron chi connectivity index (χ4n) is 2.82. The lowest BCUT2D eigenvalue weighted by atomic mass is 10.0. The summed E-state index contributed by atoms with van der Waals surface area (Å²) >= 11 is 0. The molecule has 0 saturated carbocycles. The Morgan fingerprint density at radius 3 is 2.95 bits per heavy atom. The highest BCUT2D eigenvalue weighted by Gasteiger charge is 2.20. The average Bonchev–Trinajstić information content (AvgIpc) is 2.85. The maximum absolute atomic E-state index is 12.3. The molecule has 0 aromatic heterocycles. The van der Waals surface area contributed by atoms with Crippen LogP contribution in [0, 0.1) is 0 Å². The first kappa shape index (κ1) is 13.6. The number of rotatable bonds is 4. The number of morpholine rings is 1. The molecule has 1 fully saturated rings. The largest absolute Gasteiger partial charge is 0.490 e. The van der Waals surface area contributed by atoms with Crippen LogP contribution in [0.3, 0.4) is 0 Å². The Kier molecular flexibility index (Phi) is 4.03. The van der Waals surface area contributed by atoms with Crippen LogP contribution in [0.1, 0.15) is 29.3 Å². The highest BCUT2D eigenvalue weighted by Crippen LogP contribution is 2.29. The predicted octanol–water partition coefficient (Wildman–Crippen LogP) is 1.92. The van der Waals surface area contributed by atoms with E-state index < -0.39 is 0 Å². The van der Waals surface area contributed by atoms with Gasteiger partial charge in [0.05, 0.1) is 13.2 Å². The number of nitrogens with zero attached hydrogens (tertiary/aromatic N) is 1. The van der Waals surface area contributed by atoms with E-state index in [0.29, 0.717) is 6.42 Å². The van der Waals surface area contributed by atoms with E-state index >= 15 is 0 Å². The van der Waals surface area contributed by atoms with Crippen molar-refractivity contribution in [2.24, 2.45) is 0 Å². The van der Waals surface area contributed by atoms with Gasteiger partial charge in [-0.25, -0.2) is 0 Å². The van der Waals surface area contributed by atoms with E-state index in [4.69, 9.17) is 9.47 Å². The summed E-state index contributed by atoms with van der Waals surface area (Å²) in [5.41, 5.74) is 1.98. The number of hydrogen-bond acceptors (Lipinski definition) is 4. The standard InChI is InChI=1S/C16H21NO3/c1-12-10-14-11-13(2-3-16(14)20-12)15(18)4-5-17-6-8-19-9-7-17/h2-3,11-12H,4-10H2,1H3/t12-/m0/s1. The quantitative estimate of drug-likeness (QED) is 0.787. The molecule has 0 N–H and O–H groups in total. The molecule has 1 saturated heterocycles. The topological polar surface area (TPSA) is 38.8 Å². The zero-order valence-electron chi connectivity index (χ0n) is 11.9. The molecule has 0 spiro atoms. The molecule has 1 aromatic rings. The third-order valence-electron chi connectivity index (χ3n) is 3.98. The lowest BCUT2D eigenvalue weighted by Gasteiger charge is -2.26. The maximum Gasteiger partial charge on any atom is 0.164 e. The van der Waals surface area contributed by atoms with Crippen LogP contribution < -0.4 is 4.74 Å². The number of carbonyl (C=O) groups excluding carboxylic acids is 1. The molecular weight excluding hydrogens is 254 g/mol. The lowest BCUT2D eigenvalue weighted by Crippen LogP contribution is -2.37. The zero-order valence-corrected chi connectivity index (χ0v) is 11.9. The van der Waals surface area contributed by atoms with Crippen molar-refractivity contribution in [1.29, 1.82) is 0 Å². The van der Waals surface area contributed by atoms with Gasteiger partial charge in [-0.3, -0.25) is 9.69 Å². The minimum absolute atomic E-state index is 0.221. The van der Waals surface area contributed by atoms with E-state index in [2.05, 4.69) is 11.8 Å². The minimum Gasteiger partial charge on any atom is -0.490 e. The summed E-state index contributed by atoms with van der Waals surface area (Å²) in [5, 5.41) is 0. The second kappa shape index (κ2) is 5.94. The molecule has 3 rings (SSSR count). The molecule has 2 heterocycles. The van der Waals surface area contributed by atoms with Crippen LogP contribution in [0.5, 0.6) is 5.75 Å². The van der Waals surface area contributed by atoms with Gasteiger partial charge in [-0.1, -0.05) is 0 Å². The van der Waals surface area contributed by atoms with Crippen LogP contribution in [0.2, 0.25) is 0 Å². The van der Waals surface area contributed by atoms with Crippen LogP contribution in [-0.2, 0) is 11.2 Å². The van der Waals surface area contributed by atoms with E-state index in [9.17, 15) is 4.79 Å². The smallest absolute Gasteiger partial charge is 0.164 e. The van der Waals surface area contributed by atoms with Gasteiger partial charge in [-0.05, 0) is 30.7 Å². The molecule has 0 unspecified atom stereocenters. The van der Waals surface area contributed by atoms with Gasteiger partial charge in [0.25, 0.3) is 0 Å². The van der Waals surface area contributed by atoms with Gasteiger partial charge < -0.3 is 9.47 Å². The predicted molar refractivity (Wildman–Crippen MR) is 76.4 cm³/mol. The first-order valence-corrected chi connectivity index (χ1v) is 7.35. The van der Waals surface area contributed by atoms with Crippen molar-refractivity contribution in [3.05, 3.63) is 29.3 Å². The second-order valence-electron chi connectivity index (χ2n) is 5.58. The monoisotopic (exact) mass is 275 g/mol. The molecule has 0 bridgehead atoms. The summed E-state index contributed by atoms with van der Waals surface area (Å²) in [7, 11) is 0. The van der Waals surface area contributed by atoms with Gasteiger partial charge in [0.1, 0.15) is 11.9 Å². The summed E-state index contributed by atoms with van der Waals surface area (Å²) < 4.78 is 11.0. The third kappa shape index (κ3) is 3.02. The molecule has 0 amide bonds. The highest BCUT2D eigenvalue weighted by molar-refractivity contribution is 5.96. The summed E-state index contributed by atoms with van der Waals surface area (Å²) in [4.78, 5) is 14.6. The van der Waals surface area contributed by atoms with Gasteiger partial charge in [0.15, 0.2) is 5.78 Å². The molecule has 0 aliphatic carbocycles. The van der Waals surface area contributed by atoms with Crippen LogP contribution in [0.15, 0.2) is 18.2 Å². The van der Waals surface area contributed by atoms with Crippen LogP contribution in [0.25, 0.3) is 0 Å². The number of ether oxygens (including phenoxy) is 2. The number of carbonyl (C=O) groups is 1. The van der Waals surface area contributed by atoms with Crippen LogP contribution in [0.4, 0.5) is 0 Å². The average molecular weight is 275 g/mol. The van der Waals surface area contributed by atoms with Crippen molar-refractivity contribution in [3.63, 3.8) is 0 Å². The van der Waals surface area contributed by atoms with Gasteiger partial charge >= 0.3 is 0 Å². The fraction of sp³-hybridized carbons (Fsp3) is 0.562. The Morgan fingerprint density at radius 2 is 2.15 bits per heavy atom. The van der Waals surface area contributed by atoms with Gasteiger partial charge in [0.2, 0.25) is 0 Å². The molecule has 2 aliphatic heterocycles. The lowest BCUT2D eigenvalue weighted by molar-refractivity contribution is 0.0370. The van der Waals surface area contributed by atoms with Gasteiger partial charge in [-0.2, -0.15) is 0 Å². The molecule has 0 radical (unpaired) electrons. The molecule has 4 nitrogen and oxygen atoms in total. The maximum atomic E-state index is 12.3. The molecular formula is C16H21NO3. The normalized spacial score (nSPS) is 22.4. The van der Waals surface area contributed by atoms with E-state index in [1.54, 1.807) is 0 Å². The first-order valence-electron chi connectivity index (χ1n) is 7.35. The fourth-order valence-corrected chi connectivity index (χ4v) is 2.82. The molecule has 1 atom stereocenters. The van der Waals surface area contributed by atoms with Gasteiger partial charge in [-0.15, -0.1) is 0 Å². The molecule has 4 heteroatoms. The van der Waals surface area contributed by atoms with Crippen molar-refractivity contribution < 1.29 is 14.3 Å². The summed E-state index contributed by atoms with van der Waals surface area (Å²) in [6, 6.07) is 5.82. The van der Waals surface area contributed by atoms with E-state index in [0.717, 1.165) is 56.1 Å². The Labute approximate surface area is 119 Å². The first-order chi connectivity index (χ1) is 9.72. The Morgan fingerprint density at radius 1 is 1.35 bits per heavy atom. The number of ketones is 1. The molecule has 1 aromatic carbocycles. The van der Waals surface area contributed by atoms with Crippen molar-refractivity contribution in [3.8, 4) is 5.75 Å². The minimum atomic E-state index is 0.221. The SMILES string of the molecule is C[C@H]1Cc2cc(C(=O)CCN3CCOCC3)ccc2O1. The van der Waals surface area contributed by atoms with E-state index in [-0.39, 0.29) is 11.9 Å². The third-order valence-corrected chi connectivity index (χ3v) is 3.98. The van der Waals surface area contributed by atoms with Gasteiger partial charge in [0, 0.05) is 38.0 Å². The van der Waals surface area contributed by atoms with E-state index in [1.165, 1.54) is 0 Å². The molecule has 20 heavy (non-hydrogen) atoms. The van der Waals surface area contributed by atoms with E-state index in [1.807, 2.05) is 18.2 Å². The van der Waals surface area contributed by atoms with Crippen molar-refractivity contribution >= 4 is 5.78 Å². The van der Waals surface area contributed by atoms with Crippen LogP contribution >= 0.6 is 0 Å². The molecule has 108 valence electrons. The zero-order chi connectivity index (χ0) is 13.9. The molecule has 2 aliphatic rings. The summed E-state index contributed by atoms with van der Waals surface area (Å²) in [6.07, 6.45) is 1.71. The number of Topliss-reactive ketones (excluding diaryl/α,β-unsaturated/α-hetero) is 1. The second-order valence-corrected chi connectivity index (χ2v) is 5.58.